The lowest BCUT2D eigenvalue weighted by molar-refractivity contribution is -0.237. The highest BCUT2D eigenvalue weighted by atomic mass is 32.2. The molecule has 0 radical (unpaired) electrons. The van der Waals surface area contributed by atoms with Gasteiger partial charge in [0.05, 0.1) is 24.5 Å². The van der Waals surface area contributed by atoms with Crippen molar-refractivity contribution in [3.63, 3.8) is 0 Å². The first-order valence-electron chi connectivity index (χ1n) is 20.9. The first-order valence-corrected chi connectivity index (χ1v) is 23.0. The average Bonchev–Trinajstić information content (AvgIpc) is 3.89. The van der Waals surface area contributed by atoms with Gasteiger partial charge in [0.15, 0.2) is 36.6 Å². The molecule has 68 heavy (non-hydrogen) atoms. The predicted molar refractivity (Wildman–Crippen MR) is 231 cm³/mol. The van der Waals surface area contributed by atoms with Gasteiger partial charge in [-0.2, -0.15) is 0 Å². The molecule has 0 spiro atoms. The number of carbonyl (C=O) groups is 8. The number of thioether (sulfide) groups is 2. The van der Waals surface area contributed by atoms with Crippen LogP contribution in [0.3, 0.4) is 0 Å². The molecule has 0 amide bonds. The van der Waals surface area contributed by atoms with Gasteiger partial charge in [0.25, 0.3) is 0 Å². The maximum absolute atomic E-state index is 12.2. The van der Waals surface area contributed by atoms with Gasteiger partial charge in [-0.25, -0.2) is 9.36 Å². The minimum Gasteiger partial charge on any atom is -0.463 e. The average molecular weight is 993 g/mol. The third kappa shape index (κ3) is 16.0. The van der Waals surface area contributed by atoms with Crippen LogP contribution in [0.15, 0.2) is 36.7 Å². The van der Waals surface area contributed by atoms with Crippen molar-refractivity contribution >= 4 is 71.3 Å². The second-order valence-corrected chi connectivity index (χ2v) is 17.6. The van der Waals surface area contributed by atoms with Crippen LogP contribution in [0, 0.1) is 0 Å². The zero-order chi connectivity index (χ0) is 49.7. The molecule has 370 valence electrons. The van der Waals surface area contributed by atoms with Crippen molar-refractivity contribution in [1.82, 2.24) is 30.0 Å². The number of esters is 8. The van der Waals surface area contributed by atoms with E-state index in [0.29, 0.717) is 24.5 Å². The molecule has 2 aliphatic rings. The summed E-state index contributed by atoms with van der Waals surface area (Å²) < 4.78 is 59.0. The van der Waals surface area contributed by atoms with E-state index in [9.17, 15) is 38.4 Å². The Kier molecular flexibility index (Phi) is 19.2. The maximum Gasteiger partial charge on any atom is 0.303 e. The third-order valence-electron chi connectivity index (χ3n) is 9.54. The number of aromatic nitrogens is 6. The standard InChI is InChI=1S/C42H52N6O18S2/c1-21(49)57-17-33-35(59-23(3)51)37(61-25(5)53)39(63-27(7)55)41(65-33)67-19-31-15-47(45-43-31)13-29-10-9-11-30(12-29)14-48-16-32(44-46-48)20-68-42-40(64-28(8)56)38(62-26(6)54)36(60-24(4)52)34(66-42)18-58-22(2)50/h9-12,15-16,33-42H,13-14,17-20H2,1-8H3/t33-,34-,35-,36-,37+,38+,39+,40+,41-,42-/m1/s1. The van der Waals surface area contributed by atoms with Gasteiger partial charge in [0.2, 0.25) is 0 Å². The highest BCUT2D eigenvalue weighted by Gasteiger charge is 2.53. The van der Waals surface area contributed by atoms with Crippen LogP contribution in [0.2, 0.25) is 0 Å². The number of benzene rings is 1. The van der Waals surface area contributed by atoms with Crippen LogP contribution in [0.25, 0.3) is 0 Å². The molecule has 4 heterocycles. The Balaban J connectivity index is 1.23. The summed E-state index contributed by atoms with van der Waals surface area (Å²) >= 11 is 2.31. The number of hydrogen-bond donors (Lipinski definition) is 0. The number of hydrogen-bond acceptors (Lipinski definition) is 24. The summed E-state index contributed by atoms with van der Waals surface area (Å²) in [4.78, 5) is 96.4. The molecule has 0 N–H and O–H groups in total. The Hall–Kier alpha value is -6.12. The van der Waals surface area contributed by atoms with Crippen molar-refractivity contribution in [3.05, 3.63) is 59.2 Å². The molecule has 2 aromatic heterocycles. The van der Waals surface area contributed by atoms with E-state index >= 15 is 0 Å². The molecule has 0 bridgehead atoms. The summed E-state index contributed by atoms with van der Waals surface area (Å²) in [5.41, 5.74) is 0.834. The second-order valence-electron chi connectivity index (χ2n) is 15.4. The summed E-state index contributed by atoms with van der Waals surface area (Å²) in [7, 11) is 0. The van der Waals surface area contributed by atoms with Crippen LogP contribution in [-0.2, 0) is 110 Å². The smallest absolute Gasteiger partial charge is 0.303 e. The maximum atomic E-state index is 12.2. The summed E-state index contributed by atoms with van der Waals surface area (Å²) in [6.45, 7) is 9.29. The van der Waals surface area contributed by atoms with Crippen molar-refractivity contribution in [2.45, 2.75) is 140 Å². The number of rotatable bonds is 20. The first-order chi connectivity index (χ1) is 32.2. The van der Waals surface area contributed by atoms with Gasteiger partial charge in [-0.1, -0.05) is 34.7 Å². The summed E-state index contributed by atoms with van der Waals surface area (Å²) in [6.07, 6.45) is -6.30. The Bertz CT molecular complexity index is 2140. The highest BCUT2D eigenvalue weighted by molar-refractivity contribution is 7.99. The topological polar surface area (TPSA) is 290 Å². The molecule has 26 heteroatoms. The Labute approximate surface area is 397 Å². The van der Waals surface area contributed by atoms with Crippen LogP contribution in [0.4, 0.5) is 0 Å². The van der Waals surface area contributed by atoms with Gasteiger partial charge in [-0.15, -0.1) is 33.7 Å². The van der Waals surface area contributed by atoms with Crippen LogP contribution in [0.1, 0.15) is 77.9 Å². The summed E-state index contributed by atoms with van der Waals surface area (Å²) in [6, 6.07) is 7.66. The van der Waals surface area contributed by atoms with Crippen molar-refractivity contribution in [1.29, 1.82) is 0 Å². The fourth-order valence-electron chi connectivity index (χ4n) is 7.15. The molecule has 0 unspecified atom stereocenters. The molecule has 2 aliphatic heterocycles. The highest BCUT2D eigenvalue weighted by Crippen LogP contribution is 2.37. The molecule has 1 aromatic carbocycles. The SMILES string of the molecule is CC(=O)OC[C@H]1O[C@H](SCc2cn(Cc3cccc(Cn4cc(CS[C@H]5O[C@H](COC(C)=O)[C@@H](OC(C)=O)[C@H](OC(C)=O)[C@@H]5OC(C)=O)nn4)c3)nn2)[C@@H](OC(C)=O)[C@@H](OC(C)=O)[C@@H]1OC(C)=O. The molecule has 0 aliphatic carbocycles. The van der Waals surface area contributed by atoms with Crippen LogP contribution < -0.4 is 0 Å². The van der Waals surface area contributed by atoms with E-state index in [-0.39, 0.29) is 24.7 Å². The second kappa shape index (κ2) is 24.8. The van der Waals surface area contributed by atoms with E-state index in [1.54, 1.807) is 21.8 Å². The van der Waals surface area contributed by atoms with Gasteiger partial charge in [-0.3, -0.25) is 38.4 Å². The van der Waals surface area contributed by atoms with Crippen LogP contribution in [0.5, 0.6) is 0 Å². The zero-order valence-electron chi connectivity index (χ0n) is 38.3. The minimum absolute atomic E-state index is 0.189. The summed E-state index contributed by atoms with van der Waals surface area (Å²) in [5, 5.41) is 17.1. The molecule has 0 saturated carbocycles. The lowest BCUT2D eigenvalue weighted by Crippen LogP contribution is -2.61. The molecule has 24 nitrogen and oxygen atoms in total. The van der Waals surface area contributed by atoms with Crippen molar-refractivity contribution < 1.29 is 85.7 Å². The molecule has 5 rings (SSSR count). The summed E-state index contributed by atoms with van der Waals surface area (Å²) in [5.74, 6) is -5.21. The van der Waals surface area contributed by atoms with Crippen LogP contribution in [-0.4, -0.2) is 151 Å². The Morgan fingerprint density at radius 1 is 0.500 bits per heavy atom. The zero-order valence-corrected chi connectivity index (χ0v) is 40.0. The third-order valence-corrected chi connectivity index (χ3v) is 11.9. The lowest BCUT2D eigenvalue weighted by Gasteiger charge is -2.44. The number of carbonyl (C=O) groups excluding carboxylic acids is 8. The molecule has 10 atom stereocenters. The molecule has 2 saturated heterocycles. The normalized spacial score (nSPS) is 24.4. The van der Waals surface area contributed by atoms with Gasteiger partial charge in [-0.05, 0) is 11.1 Å². The Morgan fingerprint density at radius 3 is 1.18 bits per heavy atom. The Morgan fingerprint density at radius 2 is 0.838 bits per heavy atom. The largest absolute Gasteiger partial charge is 0.463 e. The van der Waals surface area contributed by atoms with E-state index in [1.807, 2.05) is 24.3 Å². The van der Waals surface area contributed by atoms with Gasteiger partial charge >= 0.3 is 47.8 Å². The quantitative estimate of drug-likeness (QED) is 0.115. The fraction of sp³-hybridized carbons (Fsp3) is 0.571. The van der Waals surface area contributed by atoms with E-state index in [4.69, 9.17) is 47.4 Å². The first kappa shape index (κ1) is 52.8. The monoisotopic (exact) mass is 992 g/mol. The van der Waals surface area contributed by atoms with Crippen molar-refractivity contribution in [3.8, 4) is 0 Å². The van der Waals surface area contributed by atoms with Crippen molar-refractivity contribution in [2.75, 3.05) is 13.2 Å². The van der Waals surface area contributed by atoms with E-state index in [1.165, 1.54) is 27.7 Å². The van der Waals surface area contributed by atoms with Gasteiger partial charge in [0.1, 0.15) is 36.3 Å². The van der Waals surface area contributed by atoms with E-state index in [0.717, 1.165) is 62.3 Å². The van der Waals surface area contributed by atoms with Crippen molar-refractivity contribution in [2.24, 2.45) is 0 Å². The molecular weight excluding hydrogens is 941 g/mol. The lowest BCUT2D eigenvalue weighted by atomic mass is 9.99. The molecular formula is C42H52N6O18S2. The predicted octanol–water partition coefficient (Wildman–Crippen LogP) is 1.60. The number of nitrogens with zero attached hydrogens (tertiary/aromatic N) is 6. The van der Waals surface area contributed by atoms with Gasteiger partial charge in [0, 0.05) is 79.3 Å². The van der Waals surface area contributed by atoms with Gasteiger partial charge < -0.3 is 47.4 Å². The molecule has 3 aromatic rings. The fourth-order valence-corrected chi connectivity index (χ4v) is 9.32. The minimum atomic E-state index is -1.29. The van der Waals surface area contributed by atoms with E-state index in [2.05, 4.69) is 20.6 Å². The molecule has 2 fully saturated rings. The van der Waals surface area contributed by atoms with E-state index < -0.39 is 107 Å². The number of ether oxygens (including phenoxy) is 10. The van der Waals surface area contributed by atoms with Crippen LogP contribution >= 0.6 is 23.5 Å².